The van der Waals surface area contributed by atoms with Crippen LogP contribution >= 0.6 is 0 Å². The lowest BCUT2D eigenvalue weighted by Gasteiger charge is -2.11. The van der Waals surface area contributed by atoms with Crippen LogP contribution in [0.1, 0.15) is 32.4 Å². The van der Waals surface area contributed by atoms with Crippen LogP contribution in [0.5, 0.6) is 11.5 Å². The van der Waals surface area contributed by atoms with Gasteiger partial charge in [-0.05, 0) is 24.3 Å². The molecule has 16 heteroatoms. The summed E-state index contributed by atoms with van der Waals surface area (Å²) in [6.07, 6.45) is -1.09. The lowest BCUT2D eigenvalue weighted by Crippen LogP contribution is -2.28. The van der Waals surface area contributed by atoms with Gasteiger partial charge in [-0.25, -0.2) is 10.9 Å². The van der Waals surface area contributed by atoms with Gasteiger partial charge in [-0.3, -0.25) is 35.2 Å². The number of non-ortho nitro benzene ring substituents is 2. The molecular formula is C25H17N7O9. The third-order valence-electron chi connectivity index (χ3n) is 5.83. The van der Waals surface area contributed by atoms with Crippen molar-refractivity contribution in [2.45, 2.75) is 6.10 Å². The van der Waals surface area contributed by atoms with Gasteiger partial charge in [-0.1, -0.05) is 18.2 Å². The minimum absolute atomic E-state index is 0.0106. The van der Waals surface area contributed by atoms with Gasteiger partial charge in [0.15, 0.2) is 23.3 Å². The molecule has 3 aromatic carbocycles. The van der Waals surface area contributed by atoms with Crippen molar-refractivity contribution in [3.05, 3.63) is 104 Å². The maximum atomic E-state index is 12.8. The highest BCUT2D eigenvalue weighted by Gasteiger charge is 2.38. The van der Waals surface area contributed by atoms with Gasteiger partial charge in [0, 0.05) is 41.0 Å². The SMILES string of the molecule is N=C1O[C@@H](c2ccc3c(c2)OCO3)C(=N/NC(=O)c2cccc([N+](=O)[O-])c2)/C1=N\NC(=O)c1cccc([N+](=O)[O-])c1. The first-order valence-corrected chi connectivity index (χ1v) is 11.6. The number of nitrogens with one attached hydrogen (secondary N) is 3. The molecular weight excluding hydrogens is 542 g/mol. The highest BCUT2D eigenvalue weighted by molar-refractivity contribution is 6.69. The summed E-state index contributed by atoms with van der Waals surface area (Å²) in [4.78, 5) is 46.3. The van der Waals surface area contributed by atoms with E-state index in [9.17, 15) is 29.8 Å². The summed E-state index contributed by atoms with van der Waals surface area (Å²) in [5.74, 6) is -1.24. The van der Waals surface area contributed by atoms with Crippen LogP contribution in [-0.4, -0.2) is 45.8 Å². The number of hydrogen-bond acceptors (Lipinski definition) is 12. The van der Waals surface area contributed by atoms with Gasteiger partial charge in [0.1, 0.15) is 5.71 Å². The average molecular weight is 559 g/mol. The molecule has 2 amide bonds. The van der Waals surface area contributed by atoms with Gasteiger partial charge in [-0.15, -0.1) is 0 Å². The minimum atomic E-state index is -1.09. The number of fused-ring (bicyclic) bond motifs is 1. The molecule has 3 aromatic rings. The minimum Gasteiger partial charge on any atom is -0.461 e. The van der Waals surface area contributed by atoms with Crippen LogP contribution in [-0.2, 0) is 4.74 Å². The predicted octanol–water partition coefficient (Wildman–Crippen LogP) is 2.85. The molecule has 0 bridgehead atoms. The van der Waals surface area contributed by atoms with Crippen molar-refractivity contribution in [2.24, 2.45) is 10.2 Å². The molecule has 41 heavy (non-hydrogen) atoms. The van der Waals surface area contributed by atoms with Crippen molar-refractivity contribution in [1.82, 2.24) is 10.9 Å². The van der Waals surface area contributed by atoms with E-state index in [-0.39, 0.29) is 40.7 Å². The number of hydrazone groups is 2. The van der Waals surface area contributed by atoms with Crippen LogP contribution in [0.15, 0.2) is 76.9 Å². The predicted molar refractivity (Wildman–Crippen MR) is 140 cm³/mol. The van der Waals surface area contributed by atoms with Crippen molar-refractivity contribution in [3.63, 3.8) is 0 Å². The Morgan fingerprint density at radius 1 is 0.829 bits per heavy atom. The molecule has 0 aliphatic carbocycles. The Morgan fingerprint density at radius 2 is 1.41 bits per heavy atom. The summed E-state index contributed by atoms with van der Waals surface area (Å²) >= 11 is 0. The van der Waals surface area contributed by atoms with Crippen LogP contribution in [0.4, 0.5) is 11.4 Å². The molecule has 2 heterocycles. The first kappa shape index (κ1) is 26.4. The Morgan fingerprint density at radius 3 is 2.02 bits per heavy atom. The number of nitrogens with zero attached hydrogens (tertiary/aromatic N) is 4. The zero-order valence-electron chi connectivity index (χ0n) is 20.6. The van der Waals surface area contributed by atoms with E-state index >= 15 is 0 Å². The fourth-order valence-corrected chi connectivity index (χ4v) is 3.86. The second-order valence-corrected chi connectivity index (χ2v) is 8.39. The van der Waals surface area contributed by atoms with E-state index in [1.165, 1.54) is 36.4 Å². The zero-order chi connectivity index (χ0) is 29.1. The van der Waals surface area contributed by atoms with E-state index in [1.807, 2.05) is 0 Å². The lowest BCUT2D eigenvalue weighted by atomic mass is 10.0. The smallest absolute Gasteiger partial charge is 0.271 e. The Labute approximate surface area is 229 Å². The molecule has 0 saturated carbocycles. The normalized spacial score (nSPS) is 17.3. The second kappa shape index (κ2) is 10.9. The molecule has 1 fully saturated rings. The second-order valence-electron chi connectivity index (χ2n) is 8.39. The number of carbonyl (C=O) groups is 2. The van der Waals surface area contributed by atoms with Gasteiger partial charge in [0.2, 0.25) is 12.7 Å². The highest BCUT2D eigenvalue weighted by atomic mass is 16.7. The molecule has 1 saturated heterocycles. The van der Waals surface area contributed by atoms with E-state index in [4.69, 9.17) is 19.6 Å². The third kappa shape index (κ3) is 5.51. The maximum Gasteiger partial charge on any atom is 0.271 e. The Kier molecular flexibility index (Phi) is 7.02. The molecule has 5 rings (SSSR count). The summed E-state index contributed by atoms with van der Waals surface area (Å²) in [5.41, 5.74) is 3.83. The number of amides is 2. The summed E-state index contributed by atoms with van der Waals surface area (Å²) in [5, 5.41) is 38.5. The molecule has 2 aliphatic heterocycles. The molecule has 0 radical (unpaired) electrons. The van der Waals surface area contributed by atoms with E-state index in [0.29, 0.717) is 17.1 Å². The van der Waals surface area contributed by atoms with Crippen molar-refractivity contribution in [3.8, 4) is 11.5 Å². The highest BCUT2D eigenvalue weighted by Crippen LogP contribution is 2.37. The Bertz CT molecular complexity index is 1690. The summed E-state index contributed by atoms with van der Waals surface area (Å²) in [6, 6.07) is 14.7. The quantitative estimate of drug-likeness (QED) is 0.286. The van der Waals surface area contributed by atoms with Crippen LogP contribution in [0.3, 0.4) is 0 Å². The van der Waals surface area contributed by atoms with Crippen molar-refractivity contribution in [2.75, 3.05) is 6.79 Å². The Hall–Kier alpha value is -6.19. The van der Waals surface area contributed by atoms with E-state index in [0.717, 1.165) is 12.1 Å². The number of ether oxygens (including phenoxy) is 3. The van der Waals surface area contributed by atoms with Crippen molar-refractivity contribution >= 4 is 40.5 Å². The fourth-order valence-electron chi connectivity index (χ4n) is 3.86. The third-order valence-corrected chi connectivity index (χ3v) is 5.83. The summed E-state index contributed by atoms with van der Waals surface area (Å²) in [7, 11) is 0. The summed E-state index contributed by atoms with van der Waals surface area (Å²) < 4.78 is 16.4. The molecule has 0 spiro atoms. The van der Waals surface area contributed by atoms with Gasteiger partial charge in [0.25, 0.3) is 23.2 Å². The summed E-state index contributed by atoms with van der Waals surface area (Å²) in [6.45, 7) is 0.0106. The van der Waals surface area contributed by atoms with Crippen LogP contribution < -0.4 is 20.3 Å². The van der Waals surface area contributed by atoms with E-state index in [1.54, 1.807) is 18.2 Å². The number of benzene rings is 3. The van der Waals surface area contributed by atoms with Gasteiger partial charge in [-0.2, -0.15) is 10.2 Å². The zero-order valence-corrected chi connectivity index (χ0v) is 20.6. The monoisotopic (exact) mass is 559 g/mol. The van der Waals surface area contributed by atoms with Crippen LogP contribution in [0, 0.1) is 25.6 Å². The standard InChI is InChI=1S/C25H17N7O9/c26-23-21(28-30-25(34)15-4-2-6-17(10-15)32(37)38)20(22(41-23)13-7-8-18-19(11-13)40-12-39-18)27-29-24(33)14-3-1-5-16(9-14)31(35)36/h1-11,22,26H,12H2,(H,29,33)(H,30,34)/b26-23?,27-20+,28-21+/t22-/m0/s1. The van der Waals surface area contributed by atoms with Crippen LogP contribution in [0.2, 0.25) is 0 Å². The van der Waals surface area contributed by atoms with Crippen molar-refractivity contribution in [1.29, 1.82) is 5.41 Å². The first-order chi connectivity index (χ1) is 19.7. The van der Waals surface area contributed by atoms with Gasteiger partial charge >= 0.3 is 0 Å². The number of carbonyl (C=O) groups excluding carboxylic acids is 2. The molecule has 2 aliphatic rings. The van der Waals surface area contributed by atoms with Gasteiger partial charge in [0.05, 0.1) is 9.85 Å². The maximum absolute atomic E-state index is 12.8. The first-order valence-electron chi connectivity index (χ1n) is 11.6. The fraction of sp³-hybridized carbons (Fsp3) is 0.0800. The van der Waals surface area contributed by atoms with Crippen LogP contribution in [0.25, 0.3) is 0 Å². The number of hydrogen-bond donors (Lipinski definition) is 3. The van der Waals surface area contributed by atoms with Crippen molar-refractivity contribution < 1.29 is 33.6 Å². The van der Waals surface area contributed by atoms with E-state index < -0.39 is 33.7 Å². The number of nitro benzene ring substituents is 2. The largest absolute Gasteiger partial charge is 0.461 e. The number of rotatable bonds is 7. The average Bonchev–Trinajstić information content (AvgIpc) is 3.57. The van der Waals surface area contributed by atoms with E-state index in [2.05, 4.69) is 21.1 Å². The Balaban J connectivity index is 1.46. The number of nitro groups is 2. The molecule has 206 valence electrons. The molecule has 0 unspecified atom stereocenters. The molecule has 3 N–H and O–H groups in total. The molecule has 0 aromatic heterocycles. The molecule has 16 nitrogen and oxygen atoms in total. The van der Waals surface area contributed by atoms with Gasteiger partial charge < -0.3 is 14.2 Å². The molecule has 1 atom stereocenters. The topological polar surface area (TPSA) is 221 Å². The lowest BCUT2D eigenvalue weighted by molar-refractivity contribution is -0.385.